The van der Waals surface area contributed by atoms with E-state index in [1.807, 2.05) is 12.1 Å². The number of ether oxygens (including phenoxy) is 4. The molecule has 0 unspecified atom stereocenters. The second-order valence-electron chi connectivity index (χ2n) is 5.25. The van der Waals surface area contributed by atoms with Crippen LogP contribution in [0.4, 0.5) is 0 Å². The van der Waals surface area contributed by atoms with Crippen molar-refractivity contribution in [1.82, 2.24) is 0 Å². The molecule has 0 aromatic heterocycles. The second-order valence-corrected chi connectivity index (χ2v) is 5.25. The molecule has 0 fully saturated rings. The highest BCUT2D eigenvalue weighted by molar-refractivity contribution is 5.96. The first-order valence-corrected chi connectivity index (χ1v) is 8.00. The molecule has 2 aromatic rings. The van der Waals surface area contributed by atoms with Crippen molar-refractivity contribution in [2.45, 2.75) is 0 Å². The minimum Gasteiger partial charge on any atom is -0.497 e. The fourth-order valence-corrected chi connectivity index (χ4v) is 2.19. The van der Waals surface area contributed by atoms with E-state index in [2.05, 4.69) is 0 Å². The predicted octanol–water partition coefficient (Wildman–Crippen LogP) is 3.15. The van der Waals surface area contributed by atoms with Gasteiger partial charge in [-0.2, -0.15) is 5.26 Å². The standard InChI is InChI=1S/C20H19NO6/c1-24-16-4-3-5-18(11-16)26-8-9-27-19-12-17(25-2)7-6-14(19)10-15(13-21)20(22)23/h3-7,10-12H,8-9H2,1-2H3,(H,22,23). The molecule has 27 heavy (non-hydrogen) atoms. The molecule has 1 N–H and O–H groups in total. The Morgan fingerprint density at radius 3 is 2.37 bits per heavy atom. The summed E-state index contributed by atoms with van der Waals surface area (Å²) in [6.07, 6.45) is 1.25. The van der Waals surface area contributed by atoms with E-state index in [1.54, 1.807) is 43.5 Å². The molecule has 140 valence electrons. The first kappa shape index (κ1) is 19.7. The summed E-state index contributed by atoms with van der Waals surface area (Å²) in [5.74, 6) is 0.954. The van der Waals surface area contributed by atoms with Gasteiger partial charge < -0.3 is 24.1 Å². The monoisotopic (exact) mass is 369 g/mol. The lowest BCUT2D eigenvalue weighted by Crippen LogP contribution is -2.10. The van der Waals surface area contributed by atoms with E-state index in [0.717, 1.165) is 0 Å². The van der Waals surface area contributed by atoms with E-state index < -0.39 is 11.5 Å². The number of methoxy groups -OCH3 is 2. The lowest BCUT2D eigenvalue weighted by Gasteiger charge is -2.12. The molecule has 0 saturated heterocycles. The summed E-state index contributed by atoms with van der Waals surface area (Å²) in [7, 11) is 3.09. The summed E-state index contributed by atoms with van der Waals surface area (Å²) in [4.78, 5) is 11.1. The smallest absolute Gasteiger partial charge is 0.346 e. The summed E-state index contributed by atoms with van der Waals surface area (Å²) in [5, 5.41) is 18.0. The van der Waals surface area contributed by atoms with Gasteiger partial charge in [-0.25, -0.2) is 4.79 Å². The number of benzene rings is 2. The van der Waals surface area contributed by atoms with Gasteiger partial charge in [0.2, 0.25) is 0 Å². The molecular weight excluding hydrogens is 350 g/mol. The summed E-state index contributed by atoms with van der Waals surface area (Å²) in [6, 6.07) is 13.7. The van der Waals surface area contributed by atoms with Crippen LogP contribution in [0.25, 0.3) is 6.08 Å². The van der Waals surface area contributed by atoms with E-state index >= 15 is 0 Å². The number of rotatable bonds is 9. The molecule has 0 amide bonds. The van der Waals surface area contributed by atoms with Gasteiger partial charge in [0.1, 0.15) is 47.9 Å². The van der Waals surface area contributed by atoms with Crippen molar-refractivity contribution in [3.63, 3.8) is 0 Å². The van der Waals surface area contributed by atoms with Gasteiger partial charge in [0.15, 0.2) is 0 Å². The van der Waals surface area contributed by atoms with Crippen molar-refractivity contribution in [2.24, 2.45) is 0 Å². The molecule has 0 aliphatic rings. The van der Waals surface area contributed by atoms with Gasteiger partial charge in [-0.05, 0) is 30.3 Å². The predicted molar refractivity (Wildman–Crippen MR) is 98.2 cm³/mol. The number of nitriles is 1. The third-order valence-corrected chi connectivity index (χ3v) is 3.52. The first-order valence-electron chi connectivity index (χ1n) is 8.00. The number of hydrogen-bond donors (Lipinski definition) is 1. The van der Waals surface area contributed by atoms with Crippen LogP contribution in [0, 0.1) is 11.3 Å². The minimum absolute atomic E-state index is 0.209. The van der Waals surface area contributed by atoms with Crippen molar-refractivity contribution in [3.8, 4) is 29.1 Å². The second kappa shape index (κ2) is 9.73. The fraction of sp³-hybridized carbons (Fsp3) is 0.200. The van der Waals surface area contributed by atoms with Gasteiger partial charge in [-0.1, -0.05) is 6.07 Å². The number of hydrogen-bond acceptors (Lipinski definition) is 6. The van der Waals surface area contributed by atoms with Gasteiger partial charge in [0.25, 0.3) is 0 Å². The lowest BCUT2D eigenvalue weighted by atomic mass is 10.1. The molecule has 0 bridgehead atoms. The molecule has 7 nitrogen and oxygen atoms in total. The average molecular weight is 369 g/mol. The highest BCUT2D eigenvalue weighted by atomic mass is 16.5. The van der Waals surface area contributed by atoms with Crippen LogP contribution in [0.3, 0.4) is 0 Å². The highest BCUT2D eigenvalue weighted by Crippen LogP contribution is 2.27. The maximum absolute atomic E-state index is 11.1. The Morgan fingerprint density at radius 1 is 1.04 bits per heavy atom. The van der Waals surface area contributed by atoms with Crippen molar-refractivity contribution < 1.29 is 28.8 Å². The third kappa shape index (κ3) is 5.68. The Bertz CT molecular complexity index is 869. The highest BCUT2D eigenvalue weighted by Gasteiger charge is 2.10. The largest absolute Gasteiger partial charge is 0.497 e. The number of carboxylic acids is 1. The van der Waals surface area contributed by atoms with E-state index in [1.165, 1.54) is 13.2 Å². The molecule has 2 aromatic carbocycles. The maximum atomic E-state index is 11.1. The molecule has 0 spiro atoms. The zero-order chi connectivity index (χ0) is 19.6. The number of carboxylic acid groups (broad SMARTS) is 1. The first-order chi connectivity index (χ1) is 13.1. The van der Waals surface area contributed by atoms with E-state index in [9.17, 15) is 4.79 Å². The minimum atomic E-state index is -1.30. The van der Waals surface area contributed by atoms with Gasteiger partial charge in [-0.15, -0.1) is 0 Å². The number of nitrogens with zero attached hydrogens (tertiary/aromatic N) is 1. The molecule has 2 rings (SSSR count). The Morgan fingerprint density at radius 2 is 1.70 bits per heavy atom. The molecular formula is C20H19NO6. The summed E-state index contributed by atoms with van der Waals surface area (Å²) in [5.41, 5.74) is 0.0637. The molecule has 0 saturated carbocycles. The van der Waals surface area contributed by atoms with Crippen molar-refractivity contribution in [1.29, 1.82) is 5.26 Å². The lowest BCUT2D eigenvalue weighted by molar-refractivity contribution is -0.132. The van der Waals surface area contributed by atoms with Crippen molar-refractivity contribution >= 4 is 12.0 Å². The van der Waals surface area contributed by atoms with Gasteiger partial charge in [0.05, 0.1) is 14.2 Å². The van der Waals surface area contributed by atoms with Crippen LogP contribution in [-0.4, -0.2) is 38.5 Å². The number of carbonyl (C=O) groups is 1. The van der Waals surface area contributed by atoms with Crippen molar-refractivity contribution in [3.05, 3.63) is 53.6 Å². The molecule has 0 atom stereocenters. The third-order valence-electron chi connectivity index (χ3n) is 3.52. The fourth-order valence-electron chi connectivity index (χ4n) is 2.19. The van der Waals surface area contributed by atoms with Crippen LogP contribution in [0.15, 0.2) is 48.0 Å². The Kier molecular flexibility index (Phi) is 7.08. The van der Waals surface area contributed by atoms with E-state index in [4.69, 9.17) is 29.3 Å². The van der Waals surface area contributed by atoms with Crippen LogP contribution in [-0.2, 0) is 4.79 Å². The van der Waals surface area contributed by atoms with Gasteiger partial charge >= 0.3 is 5.97 Å². The van der Waals surface area contributed by atoms with Crippen molar-refractivity contribution in [2.75, 3.05) is 27.4 Å². The average Bonchev–Trinajstić information content (AvgIpc) is 2.69. The van der Waals surface area contributed by atoms with Crippen LogP contribution in [0.1, 0.15) is 5.56 Å². The molecule has 7 heteroatoms. The van der Waals surface area contributed by atoms with E-state index in [-0.39, 0.29) is 13.2 Å². The SMILES string of the molecule is COc1cccc(OCCOc2cc(OC)ccc2C=C(C#N)C(=O)O)c1. The van der Waals surface area contributed by atoms with E-state index in [0.29, 0.717) is 28.6 Å². The maximum Gasteiger partial charge on any atom is 0.346 e. The topological polar surface area (TPSA) is 98.0 Å². The summed E-state index contributed by atoms with van der Waals surface area (Å²) in [6.45, 7) is 0.470. The quantitative estimate of drug-likeness (QED) is 0.412. The normalized spacial score (nSPS) is 10.6. The Balaban J connectivity index is 2.07. The van der Waals surface area contributed by atoms with Crippen LogP contribution < -0.4 is 18.9 Å². The van der Waals surface area contributed by atoms with Crippen LogP contribution in [0.2, 0.25) is 0 Å². The molecule has 0 aliphatic carbocycles. The summed E-state index contributed by atoms with van der Waals surface area (Å²) < 4.78 is 21.6. The van der Waals surface area contributed by atoms with Gasteiger partial charge in [0, 0.05) is 17.7 Å². The Hall–Kier alpha value is -3.66. The zero-order valence-electron chi connectivity index (χ0n) is 15.0. The zero-order valence-corrected chi connectivity index (χ0v) is 15.0. The summed E-state index contributed by atoms with van der Waals surface area (Å²) >= 11 is 0. The molecule has 0 heterocycles. The molecule has 0 radical (unpaired) electrons. The van der Waals surface area contributed by atoms with Crippen LogP contribution >= 0.6 is 0 Å². The van der Waals surface area contributed by atoms with Gasteiger partial charge in [-0.3, -0.25) is 0 Å². The molecule has 0 aliphatic heterocycles. The Labute approximate surface area is 157 Å². The number of aliphatic carboxylic acids is 1. The van der Waals surface area contributed by atoms with Crippen LogP contribution in [0.5, 0.6) is 23.0 Å².